The Morgan fingerprint density at radius 2 is 2.19 bits per heavy atom. The summed E-state index contributed by atoms with van der Waals surface area (Å²) in [7, 11) is 0. The number of thioether (sulfide) groups is 1. The van der Waals surface area contributed by atoms with E-state index < -0.39 is 0 Å². The van der Waals surface area contributed by atoms with Crippen molar-refractivity contribution in [3.63, 3.8) is 0 Å². The van der Waals surface area contributed by atoms with Gasteiger partial charge in [-0.2, -0.15) is 0 Å². The first kappa shape index (κ1) is 19.1. The Morgan fingerprint density at radius 3 is 2.85 bits per heavy atom. The molecule has 27 heavy (non-hydrogen) atoms. The van der Waals surface area contributed by atoms with Crippen molar-refractivity contribution in [2.75, 3.05) is 17.7 Å². The van der Waals surface area contributed by atoms with Crippen LogP contribution in [0.4, 0.5) is 5.13 Å². The Hall–Kier alpha value is -2.65. The molecule has 0 bridgehead atoms. The van der Waals surface area contributed by atoms with Gasteiger partial charge in [-0.1, -0.05) is 17.8 Å². The monoisotopic (exact) mass is 401 g/mol. The van der Waals surface area contributed by atoms with Crippen LogP contribution in [0, 0.1) is 0 Å². The van der Waals surface area contributed by atoms with Crippen molar-refractivity contribution in [3.8, 4) is 17.1 Å². The Kier molecular flexibility index (Phi) is 6.61. The number of carbonyl (C=O) groups is 1. The number of aromatic nitrogens is 4. The van der Waals surface area contributed by atoms with Crippen molar-refractivity contribution in [2.45, 2.75) is 18.6 Å². The molecule has 0 fully saturated rings. The summed E-state index contributed by atoms with van der Waals surface area (Å²) in [5, 5.41) is 14.4. The third-order valence-electron chi connectivity index (χ3n) is 3.46. The first-order valence-corrected chi connectivity index (χ1v) is 10.2. The van der Waals surface area contributed by atoms with Crippen LogP contribution >= 0.6 is 23.1 Å². The van der Waals surface area contributed by atoms with Gasteiger partial charge in [0.25, 0.3) is 0 Å². The van der Waals surface area contributed by atoms with E-state index in [0.717, 1.165) is 17.1 Å². The lowest BCUT2D eigenvalue weighted by Crippen LogP contribution is -2.14. The summed E-state index contributed by atoms with van der Waals surface area (Å²) in [5.41, 5.74) is 0.923. The number of carbonyl (C=O) groups excluding carboxylic acids is 1. The molecule has 0 spiro atoms. The van der Waals surface area contributed by atoms with Crippen LogP contribution in [0.2, 0.25) is 0 Å². The molecule has 1 amide bonds. The Balaban J connectivity index is 1.72. The molecule has 1 N–H and O–H groups in total. The first-order valence-electron chi connectivity index (χ1n) is 8.30. The predicted molar refractivity (Wildman–Crippen MR) is 108 cm³/mol. The molecule has 0 atom stereocenters. The number of nitrogens with one attached hydrogen (secondary N) is 1. The van der Waals surface area contributed by atoms with Gasteiger partial charge in [-0.3, -0.25) is 9.36 Å². The molecular formula is C18H19N5O2S2. The molecule has 140 valence electrons. The summed E-state index contributed by atoms with van der Waals surface area (Å²) in [4.78, 5) is 16.1. The molecule has 0 saturated carbocycles. The summed E-state index contributed by atoms with van der Waals surface area (Å²) in [5.74, 6) is 1.62. The van der Waals surface area contributed by atoms with E-state index in [9.17, 15) is 4.79 Å². The Bertz CT molecular complexity index is 891. The molecule has 7 nitrogen and oxygen atoms in total. The molecule has 0 aliphatic rings. The number of amides is 1. The smallest absolute Gasteiger partial charge is 0.236 e. The van der Waals surface area contributed by atoms with Gasteiger partial charge in [0, 0.05) is 23.7 Å². The molecule has 2 aromatic heterocycles. The number of allylic oxidation sites excluding steroid dienone is 1. The van der Waals surface area contributed by atoms with Crippen LogP contribution in [-0.2, 0) is 11.3 Å². The highest BCUT2D eigenvalue weighted by atomic mass is 32.2. The van der Waals surface area contributed by atoms with E-state index in [0.29, 0.717) is 23.4 Å². The lowest BCUT2D eigenvalue weighted by Gasteiger charge is -2.08. The maximum absolute atomic E-state index is 12.1. The van der Waals surface area contributed by atoms with Gasteiger partial charge in [0.1, 0.15) is 5.75 Å². The highest BCUT2D eigenvalue weighted by Gasteiger charge is 2.15. The zero-order chi connectivity index (χ0) is 19.1. The van der Waals surface area contributed by atoms with Crippen LogP contribution in [0.3, 0.4) is 0 Å². The number of hydrogen-bond acceptors (Lipinski definition) is 7. The molecule has 0 radical (unpaired) electrons. The molecule has 0 saturated heterocycles. The topological polar surface area (TPSA) is 81.9 Å². The van der Waals surface area contributed by atoms with Crippen LogP contribution < -0.4 is 10.1 Å². The quantitative estimate of drug-likeness (QED) is 0.435. The molecule has 3 rings (SSSR count). The number of anilines is 1. The van der Waals surface area contributed by atoms with E-state index in [1.807, 2.05) is 41.1 Å². The van der Waals surface area contributed by atoms with Gasteiger partial charge >= 0.3 is 0 Å². The lowest BCUT2D eigenvalue weighted by atomic mass is 10.2. The second-order valence-corrected chi connectivity index (χ2v) is 7.17. The lowest BCUT2D eigenvalue weighted by molar-refractivity contribution is -0.113. The maximum atomic E-state index is 12.1. The molecule has 0 unspecified atom stereocenters. The number of nitrogens with zero attached hydrogens (tertiary/aromatic N) is 4. The van der Waals surface area contributed by atoms with E-state index >= 15 is 0 Å². The highest BCUT2D eigenvalue weighted by molar-refractivity contribution is 7.99. The normalized spacial score (nSPS) is 10.6. The zero-order valence-electron chi connectivity index (χ0n) is 14.8. The molecule has 2 heterocycles. The third kappa shape index (κ3) is 4.95. The fourth-order valence-corrected chi connectivity index (χ4v) is 3.63. The van der Waals surface area contributed by atoms with E-state index in [-0.39, 0.29) is 11.7 Å². The fourth-order valence-electron chi connectivity index (χ4n) is 2.34. The van der Waals surface area contributed by atoms with E-state index in [1.54, 1.807) is 12.3 Å². The van der Waals surface area contributed by atoms with E-state index in [2.05, 4.69) is 27.1 Å². The minimum atomic E-state index is -0.134. The van der Waals surface area contributed by atoms with Gasteiger partial charge in [-0.05, 0) is 31.2 Å². The van der Waals surface area contributed by atoms with Crippen molar-refractivity contribution in [1.29, 1.82) is 0 Å². The van der Waals surface area contributed by atoms with Crippen molar-refractivity contribution in [1.82, 2.24) is 19.7 Å². The third-order valence-corrected chi connectivity index (χ3v) is 5.12. The molecule has 0 aliphatic heterocycles. The first-order chi connectivity index (χ1) is 13.2. The molecular weight excluding hydrogens is 382 g/mol. The van der Waals surface area contributed by atoms with Gasteiger partial charge in [0.15, 0.2) is 16.1 Å². The summed E-state index contributed by atoms with van der Waals surface area (Å²) < 4.78 is 7.41. The number of hydrogen-bond donors (Lipinski definition) is 1. The zero-order valence-corrected chi connectivity index (χ0v) is 16.4. The van der Waals surface area contributed by atoms with Gasteiger partial charge in [-0.25, -0.2) is 4.98 Å². The van der Waals surface area contributed by atoms with Crippen molar-refractivity contribution in [2.24, 2.45) is 0 Å². The number of rotatable bonds is 9. The minimum absolute atomic E-state index is 0.134. The van der Waals surface area contributed by atoms with Crippen LogP contribution in [-0.4, -0.2) is 38.0 Å². The number of thiazole rings is 1. The van der Waals surface area contributed by atoms with Crippen LogP contribution in [0.15, 0.2) is 53.7 Å². The Morgan fingerprint density at radius 1 is 1.37 bits per heavy atom. The van der Waals surface area contributed by atoms with E-state index in [1.165, 1.54) is 23.1 Å². The summed E-state index contributed by atoms with van der Waals surface area (Å²) >= 11 is 2.71. The molecule has 0 aliphatic carbocycles. The summed E-state index contributed by atoms with van der Waals surface area (Å²) in [6, 6.07) is 7.69. The maximum Gasteiger partial charge on any atom is 0.236 e. The van der Waals surface area contributed by atoms with Gasteiger partial charge in [0.05, 0.1) is 12.4 Å². The highest BCUT2D eigenvalue weighted by Crippen LogP contribution is 2.26. The van der Waals surface area contributed by atoms with Crippen LogP contribution in [0.5, 0.6) is 5.75 Å². The SMILES string of the molecule is C=CCn1c(SCC(=O)Nc2nccs2)nnc1-c1ccc(OCC)cc1. The van der Waals surface area contributed by atoms with Crippen molar-refractivity contribution < 1.29 is 9.53 Å². The average Bonchev–Trinajstić information content (AvgIpc) is 3.31. The van der Waals surface area contributed by atoms with Crippen LogP contribution in [0.25, 0.3) is 11.4 Å². The second kappa shape index (κ2) is 9.33. The minimum Gasteiger partial charge on any atom is -0.494 e. The predicted octanol–water partition coefficient (Wildman–Crippen LogP) is 3.72. The van der Waals surface area contributed by atoms with Gasteiger partial charge < -0.3 is 10.1 Å². The molecule has 1 aromatic carbocycles. The fraction of sp³-hybridized carbons (Fsp3) is 0.222. The second-order valence-electron chi connectivity index (χ2n) is 5.34. The largest absolute Gasteiger partial charge is 0.494 e. The number of benzene rings is 1. The number of ether oxygens (including phenoxy) is 1. The average molecular weight is 402 g/mol. The van der Waals surface area contributed by atoms with E-state index in [4.69, 9.17) is 4.74 Å². The van der Waals surface area contributed by atoms with Gasteiger partial charge in [0.2, 0.25) is 5.91 Å². The molecule has 9 heteroatoms. The van der Waals surface area contributed by atoms with Crippen molar-refractivity contribution >= 4 is 34.1 Å². The Labute approximate surface area is 165 Å². The van der Waals surface area contributed by atoms with Crippen molar-refractivity contribution in [3.05, 3.63) is 48.5 Å². The summed E-state index contributed by atoms with van der Waals surface area (Å²) in [6.45, 7) is 6.92. The van der Waals surface area contributed by atoms with Gasteiger partial charge in [-0.15, -0.1) is 28.1 Å². The van der Waals surface area contributed by atoms with Crippen LogP contribution in [0.1, 0.15) is 6.92 Å². The molecule has 3 aromatic rings. The summed E-state index contributed by atoms with van der Waals surface area (Å²) in [6.07, 6.45) is 3.43. The standard InChI is InChI=1S/C18H19N5O2S2/c1-3-10-23-16(13-5-7-14(8-6-13)25-4-2)21-22-18(23)27-12-15(24)20-17-19-9-11-26-17/h3,5-9,11H,1,4,10,12H2,2H3,(H,19,20,24).